The van der Waals surface area contributed by atoms with Crippen LogP contribution in [0.3, 0.4) is 0 Å². The minimum Gasteiger partial charge on any atom is -0.455 e. The lowest BCUT2D eigenvalue weighted by atomic mass is 9.95. The number of furan rings is 2. The van der Waals surface area contributed by atoms with Gasteiger partial charge in [0.15, 0.2) is 5.58 Å². The average molecular weight is 885 g/mol. The molecule has 0 saturated carbocycles. The largest absolute Gasteiger partial charge is 0.455 e. The lowest BCUT2D eigenvalue weighted by Crippen LogP contribution is -2.51. The van der Waals surface area contributed by atoms with Crippen molar-refractivity contribution in [2.45, 2.75) is 40.0 Å². The number of hydrogen-bond acceptors (Lipinski definition) is 4. The van der Waals surface area contributed by atoms with Crippen LogP contribution in [0, 0.1) is 13.8 Å². The number of benzene rings is 9. The van der Waals surface area contributed by atoms with Crippen LogP contribution in [0.4, 0.5) is 34.1 Å². The summed E-state index contributed by atoms with van der Waals surface area (Å²) in [6, 6.07) is 66.6. The molecule has 9 aromatic carbocycles. The van der Waals surface area contributed by atoms with E-state index in [1.807, 2.05) is 0 Å². The molecule has 4 nitrogen and oxygen atoms in total. The van der Waals surface area contributed by atoms with Gasteiger partial charge in [0, 0.05) is 44.5 Å². The van der Waals surface area contributed by atoms with Crippen molar-refractivity contribution in [3.05, 3.63) is 193 Å². The molecule has 0 N–H and O–H groups in total. The fourth-order valence-electron chi connectivity index (χ4n) is 11.6. The molecule has 6 heteroatoms. The highest BCUT2D eigenvalue weighted by Gasteiger charge is 2.47. The molecule has 0 radical (unpaired) electrons. The van der Waals surface area contributed by atoms with E-state index < -0.39 is 16.1 Å². The number of fused-ring (bicyclic) bond motifs is 14. The molecule has 0 atom stereocenters. The van der Waals surface area contributed by atoms with Crippen LogP contribution in [0.25, 0.3) is 66.1 Å². The first-order chi connectivity index (χ1) is 32.1. The van der Waals surface area contributed by atoms with Crippen LogP contribution < -0.4 is 30.5 Å². The van der Waals surface area contributed by atoms with Gasteiger partial charge in [-0.3, -0.25) is 0 Å². The van der Waals surface area contributed by atoms with Gasteiger partial charge < -0.3 is 18.6 Å². The van der Waals surface area contributed by atoms with Gasteiger partial charge >= 0.3 is 0 Å². The van der Waals surface area contributed by atoms with Gasteiger partial charge in [-0.1, -0.05) is 148 Å². The molecule has 11 aromatic rings. The fourth-order valence-corrected chi connectivity index (χ4v) is 17.7. The normalized spacial score (nSPS) is 14.2. The molecule has 66 heavy (non-hydrogen) atoms. The highest BCUT2D eigenvalue weighted by molar-refractivity contribution is 7.06. The molecule has 2 aromatic heterocycles. The standard InChI is InChI=1S/C60H48N2O2Si2/c1-37-21-13-17-29-45(37)61(39-23-9-7-10-24-39)47-35-54-57(60-55(47)41-27-15-19-31-49(41)64-60)44-34-51-43(33-52(44)66(54,5)6)56-53(65(51,3)4)36-48(59-58(56)42-28-16-20-32-50(42)63-59)62(40-25-11-8-12-26-40)46-30-18-14-22-38(46)2/h7-36H,1-6H3. The number of para-hydroxylation sites is 6. The Morgan fingerprint density at radius 1 is 0.364 bits per heavy atom. The molecule has 318 valence electrons. The summed E-state index contributed by atoms with van der Waals surface area (Å²) >= 11 is 0. The minimum atomic E-state index is -2.38. The molecule has 0 unspecified atom stereocenters. The van der Waals surface area contributed by atoms with Crippen LogP contribution in [-0.2, 0) is 0 Å². The molecule has 0 spiro atoms. The molecule has 13 rings (SSSR count). The number of anilines is 6. The molecule has 4 heterocycles. The average Bonchev–Trinajstić information content (AvgIpc) is 4.04. The van der Waals surface area contributed by atoms with Crippen molar-refractivity contribution in [3.8, 4) is 22.3 Å². The summed E-state index contributed by atoms with van der Waals surface area (Å²) in [5.74, 6) is 0. The number of nitrogens with zero attached hydrogens (tertiary/aromatic N) is 2. The summed E-state index contributed by atoms with van der Waals surface area (Å²) in [6.45, 7) is 14.6. The molecule has 2 aliphatic heterocycles. The Balaban J connectivity index is 1.10. The first-order valence-electron chi connectivity index (χ1n) is 23.1. The number of hydrogen-bond donors (Lipinski definition) is 0. The lowest BCUT2D eigenvalue weighted by molar-refractivity contribution is 0.669. The van der Waals surface area contributed by atoms with Crippen molar-refractivity contribution >= 4 is 115 Å². The molecular weight excluding hydrogens is 837 g/mol. The van der Waals surface area contributed by atoms with Crippen LogP contribution >= 0.6 is 0 Å². The van der Waals surface area contributed by atoms with E-state index >= 15 is 0 Å². The van der Waals surface area contributed by atoms with Crippen molar-refractivity contribution < 1.29 is 8.83 Å². The van der Waals surface area contributed by atoms with Crippen LogP contribution in [0.1, 0.15) is 11.1 Å². The van der Waals surface area contributed by atoms with Crippen molar-refractivity contribution in [2.75, 3.05) is 9.80 Å². The lowest BCUT2D eigenvalue weighted by Gasteiger charge is -2.29. The van der Waals surface area contributed by atoms with Crippen molar-refractivity contribution in [1.29, 1.82) is 0 Å². The Kier molecular flexibility index (Phi) is 8.31. The highest BCUT2D eigenvalue weighted by atomic mass is 28.3. The Labute approximate surface area is 387 Å². The first-order valence-corrected chi connectivity index (χ1v) is 29.1. The highest BCUT2D eigenvalue weighted by Crippen LogP contribution is 2.51. The van der Waals surface area contributed by atoms with E-state index in [1.54, 1.807) is 0 Å². The SMILES string of the molecule is Cc1ccccc1N(c1ccccc1)c1cc2c(c3c1oc1ccccc13)-c1cc3c(cc1[Si]2(C)C)-c1c(cc(N(c2ccccc2)c2ccccc2C)c2c1oc1ccccc12)[Si]3(C)C. The predicted molar refractivity (Wildman–Crippen MR) is 284 cm³/mol. The molecule has 0 saturated heterocycles. The van der Waals surface area contributed by atoms with Gasteiger partial charge in [-0.05, 0) is 123 Å². The Bertz CT molecular complexity index is 3810. The Hall–Kier alpha value is -7.39. The van der Waals surface area contributed by atoms with E-state index in [9.17, 15) is 0 Å². The smallest absolute Gasteiger partial charge is 0.160 e. The summed E-state index contributed by atoms with van der Waals surface area (Å²) in [6.07, 6.45) is 0. The summed E-state index contributed by atoms with van der Waals surface area (Å²) in [7, 11) is -4.76. The quantitative estimate of drug-likeness (QED) is 0.156. The summed E-state index contributed by atoms with van der Waals surface area (Å²) in [5.41, 5.74) is 18.2. The fraction of sp³-hybridized carbons (Fsp3) is 0.100. The number of rotatable bonds is 6. The van der Waals surface area contributed by atoms with Gasteiger partial charge in [0.2, 0.25) is 0 Å². The molecule has 0 amide bonds. The minimum absolute atomic E-state index is 0.910. The second-order valence-electron chi connectivity index (χ2n) is 19.3. The number of aryl methyl sites for hydroxylation is 2. The van der Waals surface area contributed by atoms with Crippen molar-refractivity contribution in [3.63, 3.8) is 0 Å². The third-order valence-corrected chi connectivity index (χ3v) is 21.9. The van der Waals surface area contributed by atoms with E-state index in [1.165, 1.54) is 59.5 Å². The summed E-state index contributed by atoms with van der Waals surface area (Å²) in [4.78, 5) is 4.89. The maximum Gasteiger partial charge on any atom is 0.160 e. The van der Waals surface area contributed by atoms with Crippen LogP contribution in [-0.4, -0.2) is 16.1 Å². The zero-order valence-electron chi connectivity index (χ0n) is 38.0. The molecular formula is C60H48N2O2Si2. The molecule has 2 aliphatic rings. The van der Waals surface area contributed by atoms with Gasteiger partial charge in [0.1, 0.15) is 32.9 Å². The maximum absolute atomic E-state index is 7.19. The predicted octanol–water partition coefficient (Wildman–Crippen LogP) is 14.6. The maximum atomic E-state index is 7.19. The zero-order chi connectivity index (χ0) is 44.6. The second-order valence-corrected chi connectivity index (χ2v) is 28.0. The van der Waals surface area contributed by atoms with Crippen molar-refractivity contribution in [1.82, 2.24) is 0 Å². The third kappa shape index (κ3) is 5.37. The monoisotopic (exact) mass is 884 g/mol. The van der Waals surface area contributed by atoms with Crippen LogP contribution in [0.5, 0.6) is 0 Å². The van der Waals surface area contributed by atoms with Gasteiger partial charge in [-0.25, -0.2) is 0 Å². The van der Waals surface area contributed by atoms with Gasteiger partial charge in [0.05, 0.1) is 16.8 Å². The van der Waals surface area contributed by atoms with E-state index in [0.29, 0.717) is 0 Å². The van der Waals surface area contributed by atoms with Gasteiger partial charge in [-0.15, -0.1) is 0 Å². The molecule has 0 fully saturated rings. The van der Waals surface area contributed by atoms with Crippen LogP contribution in [0.2, 0.25) is 26.2 Å². The Morgan fingerprint density at radius 3 is 1.35 bits per heavy atom. The van der Waals surface area contributed by atoms with Crippen LogP contribution in [0.15, 0.2) is 191 Å². The topological polar surface area (TPSA) is 32.8 Å². The van der Waals surface area contributed by atoms with E-state index in [2.05, 4.69) is 232 Å². The van der Waals surface area contributed by atoms with Gasteiger partial charge in [-0.2, -0.15) is 0 Å². The van der Waals surface area contributed by atoms with Crippen molar-refractivity contribution in [2.24, 2.45) is 0 Å². The molecule has 0 bridgehead atoms. The summed E-state index contributed by atoms with van der Waals surface area (Å²) in [5, 5.41) is 10.5. The van der Waals surface area contributed by atoms with Gasteiger partial charge in [0.25, 0.3) is 0 Å². The van der Waals surface area contributed by atoms with E-state index in [0.717, 1.165) is 72.6 Å². The first kappa shape index (κ1) is 39.0. The third-order valence-electron chi connectivity index (χ3n) is 14.9. The van der Waals surface area contributed by atoms with E-state index in [-0.39, 0.29) is 0 Å². The van der Waals surface area contributed by atoms with E-state index in [4.69, 9.17) is 8.83 Å². The zero-order valence-corrected chi connectivity index (χ0v) is 40.0. The second kappa shape index (κ2) is 14.1. The summed E-state index contributed by atoms with van der Waals surface area (Å²) < 4.78 is 14.3. The molecule has 0 aliphatic carbocycles. The Morgan fingerprint density at radius 2 is 0.788 bits per heavy atom.